The molecule has 1 saturated heterocycles. The zero-order valence-corrected chi connectivity index (χ0v) is 13.6. The molecule has 1 fully saturated rings. The van der Waals surface area contributed by atoms with Crippen LogP contribution in [0, 0.1) is 11.8 Å². The Morgan fingerprint density at radius 3 is 2.91 bits per heavy atom. The number of nitrogens with one attached hydrogen (secondary N) is 1. The monoisotopic (exact) mass is 308 g/mol. The number of carbonyl (C=O) groups is 1. The van der Waals surface area contributed by atoms with Gasteiger partial charge in [-0.3, -0.25) is 9.48 Å². The van der Waals surface area contributed by atoms with Crippen LogP contribution in [0.5, 0.6) is 0 Å². The molecule has 2 unspecified atom stereocenters. The lowest BCUT2D eigenvalue weighted by Gasteiger charge is -2.21. The van der Waals surface area contributed by atoms with Crippen LogP contribution >= 0.6 is 0 Å². The van der Waals surface area contributed by atoms with Gasteiger partial charge in [0, 0.05) is 26.7 Å². The molecule has 0 saturated carbocycles. The van der Waals surface area contributed by atoms with Gasteiger partial charge in [-0.1, -0.05) is 6.92 Å². The van der Waals surface area contributed by atoms with Crippen LogP contribution in [0.2, 0.25) is 0 Å². The number of hydrogen-bond acceptors (Lipinski definition) is 5. The normalized spacial score (nSPS) is 22.0. The summed E-state index contributed by atoms with van der Waals surface area (Å²) in [6.45, 7) is 6.71. The standard InChI is InChI=1S/C14H24N6O2/c1-5-15-14(16-6-12-17-9-18-19(12)3)20-7-10(2)11(8-20)13(21)22-4/h9-11H,5-8H2,1-4H3,(H,15,16). The molecule has 2 atom stereocenters. The molecule has 1 N–H and O–H groups in total. The van der Waals surface area contributed by atoms with Crippen LogP contribution in [-0.4, -0.2) is 58.3 Å². The molecule has 1 aromatic rings. The fourth-order valence-electron chi connectivity index (χ4n) is 2.63. The smallest absolute Gasteiger partial charge is 0.310 e. The molecule has 1 aliphatic heterocycles. The maximum absolute atomic E-state index is 11.8. The lowest BCUT2D eigenvalue weighted by Crippen LogP contribution is -2.40. The number of esters is 1. The van der Waals surface area contributed by atoms with Crippen LogP contribution in [0.25, 0.3) is 0 Å². The summed E-state index contributed by atoms with van der Waals surface area (Å²) in [6, 6.07) is 0. The summed E-state index contributed by atoms with van der Waals surface area (Å²) in [6.07, 6.45) is 1.52. The van der Waals surface area contributed by atoms with Crippen molar-refractivity contribution in [1.82, 2.24) is 25.0 Å². The first kappa shape index (κ1) is 16.3. The molecule has 1 aromatic heterocycles. The molecule has 0 amide bonds. The third-order valence-corrected chi connectivity index (χ3v) is 3.93. The quantitative estimate of drug-likeness (QED) is 0.479. The molecule has 2 heterocycles. The Balaban J connectivity index is 2.08. The van der Waals surface area contributed by atoms with Crippen molar-refractivity contribution in [2.75, 3.05) is 26.7 Å². The van der Waals surface area contributed by atoms with Crippen molar-refractivity contribution in [3.05, 3.63) is 12.2 Å². The molecule has 8 nitrogen and oxygen atoms in total. The van der Waals surface area contributed by atoms with E-state index in [0.29, 0.717) is 13.1 Å². The largest absolute Gasteiger partial charge is 0.469 e. The van der Waals surface area contributed by atoms with Gasteiger partial charge in [0.2, 0.25) is 0 Å². The third kappa shape index (κ3) is 3.55. The summed E-state index contributed by atoms with van der Waals surface area (Å²) in [7, 11) is 3.28. The highest BCUT2D eigenvalue weighted by molar-refractivity contribution is 5.82. The molecule has 2 rings (SSSR count). The summed E-state index contributed by atoms with van der Waals surface area (Å²) in [5.74, 6) is 1.57. The minimum atomic E-state index is -0.154. The predicted molar refractivity (Wildman–Crippen MR) is 82.1 cm³/mol. The van der Waals surface area contributed by atoms with Gasteiger partial charge in [0.15, 0.2) is 5.96 Å². The number of likely N-dealkylation sites (tertiary alicyclic amines) is 1. The minimum absolute atomic E-state index is 0.108. The van der Waals surface area contributed by atoms with Crippen molar-refractivity contribution in [3.8, 4) is 0 Å². The Kier molecular flexibility index (Phi) is 5.35. The van der Waals surface area contributed by atoms with Gasteiger partial charge in [-0.2, -0.15) is 5.10 Å². The van der Waals surface area contributed by atoms with E-state index in [2.05, 4.69) is 32.2 Å². The van der Waals surface area contributed by atoms with E-state index in [0.717, 1.165) is 24.9 Å². The number of hydrogen-bond donors (Lipinski definition) is 1. The van der Waals surface area contributed by atoms with E-state index in [1.807, 2.05) is 14.0 Å². The van der Waals surface area contributed by atoms with Crippen LogP contribution in [0.15, 0.2) is 11.3 Å². The van der Waals surface area contributed by atoms with Crippen molar-refractivity contribution < 1.29 is 9.53 Å². The maximum Gasteiger partial charge on any atom is 0.310 e. The fourth-order valence-corrected chi connectivity index (χ4v) is 2.63. The molecular formula is C14H24N6O2. The van der Waals surface area contributed by atoms with Crippen molar-refractivity contribution >= 4 is 11.9 Å². The minimum Gasteiger partial charge on any atom is -0.469 e. The van der Waals surface area contributed by atoms with E-state index < -0.39 is 0 Å². The zero-order chi connectivity index (χ0) is 16.1. The van der Waals surface area contributed by atoms with E-state index in [9.17, 15) is 4.79 Å². The Labute approximate surface area is 130 Å². The van der Waals surface area contributed by atoms with E-state index in [-0.39, 0.29) is 17.8 Å². The summed E-state index contributed by atoms with van der Waals surface area (Å²) >= 11 is 0. The van der Waals surface area contributed by atoms with Gasteiger partial charge >= 0.3 is 5.97 Å². The number of aliphatic imine (C=N–C) groups is 1. The maximum atomic E-state index is 11.8. The Morgan fingerprint density at radius 2 is 2.32 bits per heavy atom. The molecule has 8 heteroatoms. The molecule has 0 radical (unpaired) electrons. The fraction of sp³-hybridized carbons (Fsp3) is 0.714. The molecule has 0 bridgehead atoms. The second kappa shape index (κ2) is 7.24. The molecular weight excluding hydrogens is 284 g/mol. The van der Waals surface area contributed by atoms with E-state index in [1.54, 1.807) is 4.68 Å². The second-order valence-corrected chi connectivity index (χ2v) is 5.48. The molecule has 1 aliphatic rings. The van der Waals surface area contributed by atoms with Crippen molar-refractivity contribution in [3.63, 3.8) is 0 Å². The lowest BCUT2D eigenvalue weighted by molar-refractivity contribution is -0.145. The summed E-state index contributed by atoms with van der Waals surface area (Å²) in [4.78, 5) is 22.7. The van der Waals surface area contributed by atoms with Crippen molar-refractivity contribution in [2.45, 2.75) is 20.4 Å². The zero-order valence-electron chi connectivity index (χ0n) is 13.6. The Bertz CT molecular complexity index is 541. The van der Waals surface area contributed by atoms with Gasteiger partial charge in [-0.25, -0.2) is 9.98 Å². The first-order chi connectivity index (χ1) is 10.6. The Hall–Kier alpha value is -2.12. The molecule has 0 aromatic carbocycles. The molecule has 0 spiro atoms. The average Bonchev–Trinajstić information content (AvgIpc) is 3.09. The van der Waals surface area contributed by atoms with E-state index in [4.69, 9.17) is 4.74 Å². The number of guanidine groups is 1. The van der Waals surface area contributed by atoms with Gasteiger partial charge in [-0.05, 0) is 12.8 Å². The number of methoxy groups -OCH3 is 1. The highest BCUT2D eigenvalue weighted by Gasteiger charge is 2.36. The van der Waals surface area contributed by atoms with Crippen LogP contribution in [0.1, 0.15) is 19.7 Å². The average molecular weight is 308 g/mol. The van der Waals surface area contributed by atoms with Gasteiger partial charge in [-0.15, -0.1) is 0 Å². The number of aryl methyl sites for hydroxylation is 1. The molecule has 0 aliphatic carbocycles. The number of carbonyl (C=O) groups excluding carboxylic acids is 1. The number of rotatable bonds is 4. The number of aromatic nitrogens is 3. The Morgan fingerprint density at radius 1 is 1.55 bits per heavy atom. The van der Waals surface area contributed by atoms with Gasteiger partial charge in [0.05, 0.1) is 13.0 Å². The van der Waals surface area contributed by atoms with E-state index >= 15 is 0 Å². The highest BCUT2D eigenvalue weighted by Crippen LogP contribution is 2.24. The van der Waals surface area contributed by atoms with Crippen molar-refractivity contribution in [2.24, 2.45) is 23.9 Å². The van der Waals surface area contributed by atoms with Crippen LogP contribution in [0.3, 0.4) is 0 Å². The van der Waals surface area contributed by atoms with Gasteiger partial charge < -0.3 is 15.0 Å². The topological polar surface area (TPSA) is 84.6 Å². The third-order valence-electron chi connectivity index (χ3n) is 3.93. The SMILES string of the molecule is CCNC(=NCc1ncnn1C)N1CC(C)C(C(=O)OC)C1. The lowest BCUT2D eigenvalue weighted by atomic mass is 9.99. The van der Waals surface area contributed by atoms with Crippen LogP contribution in [-0.2, 0) is 23.1 Å². The van der Waals surface area contributed by atoms with Crippen LogP contribution in [0.4, 0.5) is 0 Å². The van der Waals surface area contributed by atoms with E-state index in [1.165, 1.54) is 13.4 Å². The predicted octanol–water partition coefficient (Wildman–Crippen LogP) is 0.0215. The van der Waals surface area contributed by atoms with Crippen molar-refractivity contribution in [1.29, 1.82) is 0 Å². The van der Waals surface area contributed by atoms with Gasteiger partial charge in [0.25, 0.3) is 0 Å². The first-order valence-electron chi connectivity index (χ1n) is 7.50. The summed E-state index contributed by atoms with van der Waals surface area (Å²) in [5, 5.41) is 7.31. The van der Waals surface area contributed by atoms with Crippen LogP contribution < -0.4 is 5.32 Å². The molecule has 22 heavy (non-hydrogen) atoms. The first-order valence-corrected chi connectivity index (χ1v) is 7.50. The summed E-state index contributed by atoms with van der Waals surface area (Å²) in [5.41, 5.74) is 0. The second-order valence-electron chi connectivity index (χ2n) is 5.48. The number of ether oxygens (including phenoxy) is 1. The molecule has 122 valence electrons. The number of nitrogens with zero attached hydrogens (tertiary/aromatic N) is 5. The summed E-state index contributed by atoms with van der Waals surface area (Å²) < 4.78 is 6.59. The van der Waals surface area contributed by atoms with Gasteiger partial charge in [0.1, 0.15) is 18.7 Å². The highest BCUT2D eigenvalue weighted by atomic mass is 16.5.